The first-order valence-corrected chi connectivity index (χ1v) is 13.1. The summed E-state index contributed by atoms with van der Waals surface area (Å²) < 4.78 is 67.9. The van der Waals surface area contributed by atoms with Crippen LogP contribution in [0.2, 0.25) is 0 Å². The van der Waals surface area contributed by atoms with Crippen molar-refractivity contribution in [1.29, 1.82) is 0 Å². The van der Waals surface area contributed by atoms with Crippen LogP contribution in [0.25, 0.3) is 17.1 Å². The van der Waals surface area contributed by atoms with Crippen molar-refractivity contribution in [3.05, 3.63) is 47.3 Å². The van der Waals surface area contributed by atoms with E-state index in [2.05, 4.69) is 25.3 Å². The summed E-state index contributed by atoms with van der Waals surface area (Å²) in [5.74, 6) is -0.340. The van der Waals surface area contributed by atoms with Crippen molar-refractivity contribution in [1.82, 2.24) is 28.8 Å². The maximum Gasteiger partial charge on any atom is 0.420 e. The average Bonchev–Trinajstić information content (AvgIpc) is 3.19. The number of nitrogens with one attached hydrogen (secondary N) is 1. The van der Waals surface area contributed by atoms with E-state index < -0.39 is 33.4 Å². The zero-order valence-electron chi connectivity index (χ0n) is 20.2. The highest BCUT2D eigenvalue weighted by Gasteiger charge is 2.36. The molecule has 1 amide bonds. The maximum atomic E-state index is 13.8. The van der Waals surface area contributed by atoms with Gasteiger partial charge in [0.1, 0.15) is 28.5 Å². The molecule has 0 bridgehead atoms. The lowest BCUT2D eigenvalue weighted by Gasteiger charge is -2.30. The Balaban J connectivity index is 1.67. The summed E-state index contributed by atoms with van der Waals surface area (Å²) in [6.07, 6.45) is -0.569. The van der Waals surface area contributed by atoms with Crippen LogP contribution in [0.4, 0.5) is 19.1 Å². The molecule has 0 saturated carbocycles. The number of hydrogen-bond acceptors (Lipinski definition) is 8. The highest BCUT2D eigenvalue weighted by Crippen LogP contribution is 2.36. The SMILES string of the molecule is Cc1nc(C(N)=O)ccc1-n1cc(-c2nc(NC3CCN(S(C)(=O)=O)CC3)ncc2C(F)(F)F)nc1C. The summed E-state index contributed by atoms with van der Waals surface area (Å²) in [5, 5.41) is 3.02. The van der Waals surface area contributed by atoms with Crippen LogP contribution in [-0.4, -0.2) is 68.5 Å². The Morgan fingerprint density at radius 1 is 1.14 bits per heavy atom. The normalized spacial score (nSPS) is 15.6. The third kappa shape index (κ3) is 5.72. The van der Waals surface area contributed by atoms with Crippen molar-refractivity contribution in [2.45, 2.75) is 38.9 Å². The minimum atomic E-state index is -4.73. The topological polar surface area (TPSA) is 149 Å². The largest absolute Gasteiger partial charge is 0.420 e. The fourth-order valence-electron chi connectivity index (χ4n) is 4.14. The van der Waals surface area contributed by atoms with E-state index in [1.165, 1.54) is 16.6 Å². The van der Waals surface area contributed by atoms with Crippen LogP contribution in [0.1, 0.15) is 40.4 Å². The standard InChI is InChI=1S/C22H25F3N8O3S/c1-12-18(5-4-16(28-12)20(26)34)33-11-17(29-13(33)2)19-15(22(23,24)25)10-27-21(31-19)30-14-6-8-32(9-7-14)37(3,35)36/h4-5,10-11,14H,6-9H2,1-3H3,(H2,26,34)(H,27,30,31). The van der Waals surface area contributed by atoms with Gasteiger partial charge >= 0.3 is 6.18 Å². The molecule has 0 unspecified atom stereocenters. The number of imidazole rings is 1. The Morgan fingerprint density at radius 2 is 1.81 bits per heavy atom. The molecule has 3 aromatic heterocycles. The summed E-state index contributed by atoms with van der Waals surface area (Å²) in [6.45, 7) is 3.84. The number of nitrogens with zero attached hydrogens (tertiary/aromatic N) is 6. The molecule has 1 fully saturated rings. The van der Waals surface area contributed by atoms with Gasteiger partial charge in [0.2, 0.25) is 16.0 Å². The van der Waals surface area contributed by atoms with Crippen molar-refractivity contribution in [2.75, 3.05) is 24.7 Å². The highest BCUT2D eigenvalue weighted by molar-refractivity contribution is 7.88. The van der Waals surface area contributed by atoms with Gasteiger partial charge in [0.25, 0.3) is 5.91 Å². The van der Waals surface area contributed by atoms with Crippen molar-refractivity contribution in [3.8, 4) is 17.1 Å². The Kier molecular flexibility index (Phi) is 6.94. The summed E-state index contributed by atoms with van der Waals surface area (Å²) >= 11 is 0. The fraction of sp³-hybridized carbons (Fsp3) is 0.409. The van der Waals surface area contributed by atoms with E-state index in [0.717, 1.165) is 6.26 Å². The van der Waals surface area contributed by atoms with E-state index in [9.17, 15) is 26.4 Å². The number of carbonyl (C=O) groups is 1. The van der Waals surface area contributed by atoms with Gasteiger partial charge in [-0.25, -0.2) is 32.7 Å². The predicted octanol–water partition coefficient (Wildman–Crippen LogP) is 2.29. The Morgan fingerprint density at radius 3 is 2.38 bits per heavy atom. The zero-order chi connectivity index (χ0) is 27.1. The van der Waals surface area contributed by atoms with Gasteiger partial charge in [-0.2, -0.15) is 13.2 Å². The van der Waals surface area contributed by atoms with Crippen LogP contribution in [0.15, 0.2) is 24.5 Å². The Labute approximate surface area is 211 Å². The van der Waals surface area contributed by atoms with E-state index in [4.69, 9.17) is 5.73 Å². The number of alkyl halides is 3. The summed E-state index contributed by atoms with van der Waals surface area (Å²) in [6, 6.07) is 2.80. The molecule has 0 radical (unpaired) electrons. The molecule has 15 heteroatoms. The summed E-state index contributed by atoms with van der Waals surface area (Å²) in [4.78, 5) is 27.9. The second-order valence-corrected chi connectivity index (χ2v) is 10.7. The minimum absolute atomic E-state index is 0.0170. The first-order valence-electron chi connectivity index (χ1n) is 11.2. The number of piperidine rings is 1. The first kappa shape index (κ1) is 26.5. The van der Waals surface area contributed by atoms with E-state index >= 15 is 0 Å². The average molecular weight is 539 g/mol. The summed E-state index contributed by atoms with van der Waals surface area (Å²) in [5.41, 5.74) is 4.80. The lowest BCUT2D eigenvalue weighted by atomic mass is 10.1. The van der Waals surface area contributed by atoms with E-state index in [1.54, 1.807) is 24.5 Å². The van der Waals surface area contributed by atoms with Gasteiger partial charge in [-0.1, -0.05) is 0 Å². The lowest BCUT2D eigenvalue weighted by molar-refractivity contribution is -0.137. The van der Waals surface area contributed by atoms with Gasteiger partial charge < -0.3 is 15.6 Å². The molecule has 11 nitrogen and oxygen atoms in total. The number of nitrogens with two attached hydrogens (primary N) is 1. The van der Waals surface area contributed by atoms with Gasteiger partial charge in [0.15, 0.2) is 0 Å². The first-order chi connectivity index (χ1) is 17.2. The van der Waals surface area contributed by atoms with E-state index in [1.807, 2.05) is 0 Å². The number of sulfonamides is 1. The van der Waals surface area contributed by atoms with Crippen molar-refractivity contribution >= 4 is 21.9 Å². The van der Waals surface area contributed by atoms with Crippen LogP contribution in [0.5, 0.6) is 0 Å². The van der Waals surface area contributed by atoms with Gasteiger partial charge in [0, 0.05) is 31.5 Å². The van der Waals surface area contributed by atoms with Crippen molar-refractivity contribution in [2.24, 2.45) is 5.73 Å². The number of amides is 1. The fourth-order valence-corrected chi connectivity index (χ4v) is 5.02. The molecule has 0 atom stereocenters. The molecule has 4 rings (SSSR count). The predicted molar refractivity (Wildman–Crippen MR) is 128 cm³/mol. The van der Waals surface area contributed by atoms with Crippen LogP contribution < -0.4 is 11.1 Å². The molecule has 3 N–H and O–H groups in total. The number of hydrogen-bond donors (Lipinski definition) is 2. The van der Waals surface area contributed by atoms with Gasteiger partial charge in [-0.3, -0.25) is 4.79 Å². The zero-order valence-corrected chi connectivity index (χ0v) is 21.1. The molecule has 0 spiro atoms. The Hall–Kier alpha value is -3.59. The Bertz CT molecular complexity index is 1450. The number of halogens is 3. The molecule has 0 aromatic carbocycles. The third-order valence-electron chi connectivity index (χ3n) is 6.05. The number of aryl methyl sites for hydroxylation is 2. The lowest BCUT2D eigenvalue weighted by Crippen LogP contribution is -2.42. The molecule has 1 saturated heterocycles. The van der Waals surface area contributed by atoms with E-state index in [-0.39, 0.29) is 36.5 Å². The number of anilines is 1. The molecule has 4 heterocycles. The number of primary amides is 1. The van der Waals surface area contributed by atoms with Gasteiger partial charge in [-0.15, -0.1) is 0 Å². The second-order valence-electron chi connectivity index (χ2n) is 8.74. The molecule has 1 aliphatic rings. The number of pyridine rings is 1. The summed E-state index contributed by atoms with van der Waals surface area (Å²) in [7, 11) is -3.31. The second kappa shape index (κ2) is 9.70. The van der Waals surface area contributed by atoms with Crippen LogP contribution in [0, 0.1) is 13.8 Å². The molecule has 37 heavy (non-hydrogen) atoms. The molecule has 0 aliphatic carbocycles. The van der Waals surface area contributed by atoms with Gasteiger partial charge in [-0.05, 0) is 38.8 Å². The molecule has 3 aromatic rings. The monoisotopic (exact) mass is 538 g/mol. The highest BCUT2D eigenvalue weighted by atomic mass is 32.2. The number of carbonyl (C=O) groups excluding carboxylic acids is 1. The molecular formula is C22H25F3N8O3S. The smallest absolute Gasteiger partial charge is 0.364 e. The van der Waals surface area contributed by atoms with Crippen molar-refractivity contribution < 1.29 is 26.4 Å². The molecule has 1 aliphatic heterocycles. The van der Waals surface area contributed by atoms with Crippen LogP contribution >= 0.6 is 0 Å². The van der Waals surface area contributed by atoms with Crippen molar-refractivity contribution in [3.63, 3.8) is 0 Å². The number of aromatic nitrogens is 5. The van der Waals surface area contributed by atoms with Crippen LogP contribution in [0.3, 0.4) is 0 Å². The van der Waals surface area contributed by atoms with Gasteiger partial charge in [0.05, 0.1) is 17.6 Å². The number of rotatable bonds is 6. The molecule has 198 valence electrons. The van der Waals surface area contributed by atoms with Crippen LogP contribution in [-0.2, 0) is 16.2 Å². The third-order valence-corrected chi connectivity index (χ3v) is 7.35. The molecular weight excluding hydrogens is 513 g/mol. The van der Waals surface area contributed by atoms with E-state index in [0.29, 0.717) is 36.2 Å². The quantitative estimate of drug-likeness (QED) is 0.486. The minimum Gasteiger partial charge on any atom is -0.364 e. The maximum absolute atomic E-state index is 13.8.